The molecule has 1 aliphatic rings. The number of piperidine rings is 1. The molecular formula is C5H6F4N. The first-order chi connectivity index (χ1) is 4.55. The van der Waals surface area contributed by atoms with Crippen molar-refractivity contribution in [3.63, 3.8) is 0 Å². The zero-order chi connectivity index (χ0) is 7.78. The van der Waals surface area contributed by atoms with Gasteiger partial charge in [-0.2, -0.15) is 0 Å². The molecule has 1 heterocycles. The SMILES string of the molecule is FC1C[N]CC(F)C1(F)F. The highest BCUT2D eigenvalue weighted by molar-refractivity contribution is 4.91. The Morgan fingerprint density at radius 3 is 1.80 bits per heavy atom. The third-order valence-electron chi connectivity index (χ3n) is 1.41. The second-order valence-electron chi connectivity index (χ2n) is 2.20. The zero-order valence-corrected chi connectivity index (χ0v) is 5.03. The molecular weight excluding hydrogens is 150 g/mol. The lowest BCUT2D eigenvalue weighted by atomic mass is 10.1. The van der Waals surface area contributed by atoms with Crippen LogP contribution in [0.5, 0.6) is 0 Å². The normalized spacial score (nSPS) is 39.6. The quantitative estimate of drug-likeness (QED) is 0.463. The number of hydrogen-bond acceptors (Lipinski definition) is 0. The molecule has 0 aliphatic carbocycles. The summed E-state index contributed by atoms with van der Waals surface area (Å²) in [5, 5.41) is 3.20. The van der Waals surface area contributed by atoms with Crippen LogP contribution in [0.25, 0.3) is 0 Å². The molecule has 0 saturated carbocycles. The predicted octanol–water partition coefficient (Wildman–Crippen LogP) is 0.916. The van der Waals surface area contributed by atoms with Crippen molar-refractivity contribution in [2.24, 2.45) is 0 Å². The molecule has 0 spiro atoms. The Morgan fingerprint density at radius 2 is 1.50 bits per heavy atom. The minimum Gasteiger partial charge on any atom is -0.239 e. The fourth-order valence-corrected chi connectivity index (χ4v) is 0.741. The lowest BCUT2D eigenvalue weighted by Crippen LogP contribution is -2.52. The molecule has 0 aromatic rings. The highest BCUT2D eigenvalue weighted by Crippen LogP contribution is 2.30. The van der Waals surface area contributed by atoms with Crippen molar-refractivity contribution in [1.29, 1.82) is 0 Å². The first kappa shape index (κ1) is 7.78. The van der Waals surface area contributed by atoms with E-state index in [1.807, 2.05) is 0 Å². The van der Waals surface area contributed by atoms with Crippen LogP contribution in [-0.4, -0.2) is 31.4 Å². The molecule has 2 unspecified atom stereocenters. The summed E-state index contributed by atoms with van der Waals surface area (Å²) in [6.07, 6.45) is -4.90. The number of nitrogens with zero attached hydrogens (tertiary/aromatic N) is 1. The molecule has 0 N–H and O–H groups in total. The molecule has 1 fully saturated rings. The smallest absolute Gasteiger partial charge is 0.239 e. The van der Waals surface area contributed by atoms with Crippen molar-refractivity contribution in [2.75, 3.05) is 13.1 Å². The lowest BCUT2D eigenvalue weighted by Gasteiger charge is -2.28. The summed E-state index contributed by atoms with van der Waals surface area (Å²) in [7, 11) is 0. The van der Waals surface area contributed by atoms with Crippen LogP contribution in [0.1, 0.15) is 0 Å². The summed E-state index contributed by atoms with van der Waals surface area (Å²) < 4.78 is 48.6. The fourth-order valence-electron chi connectivity index (χ4n) is 0.741. The predicted molar refractivity (Wildman–Crippen MR) is 26.6 cm³/mol. The van der Waals surface area contributed by atoms with Crippen LogP contribution in [0, 0.1) is 0 Å². The standard InChI is InChI=1S/C5H6F4N/c6-3-1-10-2-4(7)5(3,8)9/h3-4H,1-2H2. The van der Waals surface area contributed by atoms with Gasteiger partial charge >= 0.3 is 5.92 Å². The third kappa shape index (κ3) is 1.10. The molecule has 10 heavy (non-hydrogen) atoms. The van der Waals surface area contributed by atoms with Gasteiger partial charge in [0.1, 0.15) is 0 Å². The Balaban J connectivity index is 2.63. The van der Waals surface area contributed by atoms with E-state index in [0.717, 1.165) is 0 Å². The van der Waals surface area contributed by atoms with Crippen LogP contribution in [0.15, 0.2) is 0 Å². The average Bonchev–Trinajstić information content (AvgIpc) is 1.84. The molecule has 0 amide bonds. The summed E-state index contributed by atoms with van der Waals surface area (Å²) >= 11 is 0. The van der Waals surface area contributed by atoms with Crippen molar-refractivity contribution >= 4 is 0 Å². The maximum absolute atomic E-state index is 12.2. The van der Waals surface area contributed by atoms with Crippen LogP contribution in [0.4, 0.5) is 17.6 Å². The van der Waals surface area contributed by atoms with E-state index in [9.17, 15) is 17.6 Å². The Hall–Kier alpha value is -0.320. The number of rotatable bonds is 0. The van der Waals surface area contributed by atoms with Gasteiger partial charge in [-0.05, 0) is 0 Å². The lowest BCUT2D eigenvalue weighted by molar-refractivity contribution is -0.140. The summed E-state index contributed by atoms with van der Waals surface area (Å²) in [4.78, 5) is 0. The van der Waals surface area contributed by atoms with E-state index in [1.54, 1.807) is 0 Å². The maximum Gasteiger partial charge on any atom is 0.311 e. The molecule has 1 radical (unpaired) electrons. The third-order valence-corrected chi connectivity index (χ3v) is 1.41. The molecule has 1 rings (SSSR count). The molecule has 1 nitrogen and oxygen atoms in total. The second kappa shape index (κ2) is 2.38. The van der Waals surface area contributed by atoms with Gasteiger partial charge in [0.15, 0.2) is 12.3 Å². The van der Waals surface area contributed by atoms with Gasteiger partial charge < -0.3 is 0 Å². The van der Waals surface area contributed by atoms with E-state index in [4.69, 9.17) is 0 Å². The first-order valence-electron chi connectivity index (χ1n) is 2.84. The van der Waals surface area contributed by atoms with Crippen LogP contribution in [0.2, 0.25) is 0 Å². The van der Waals surface area contributed by atoms with E-state index in [2.05, 4.69) is 5.32 Å². The van der Waals surface area contributed by atoms with Crippen LogP contribution in [0.3, 0.4) is 0 Å². The van der Waals surface area contributed by atoms with Gasteiger partial charge in [0.05, 0.1) is 13.1 Å². The van der Waals surface area contributed by atoms with Crippen LogP contribution in [-0.2, 0) is 0 Å². The molecule has 59 valence electrons. The van der Waals surface area contributed by atoms with Gasteiger partial charge in [0.25, 0.3) is 0 Å². The van der Waals surface area contributed by atoms with Gasteiger partial charge in [-0.15, -0.1) is 0 Å². The van der Waals surface area contributed by atoms with E-state index in [0.29, 0.717) is 0 Å². The van der Waals surface area contributed by atoms with E-state index < -0.39 is 31.4 Å². The highest BCUT2D eigenvalue weighted by Gasteiger charge is 2.51. The van der Waals surface area contributed by atoms with Gasteiger partial charge in [-0.3, -0.25) is 0 Å². The van der Waals surface area contributed by atoms with E-state index >= 15 is 0 Å². The molecule has 0 aromatic heterocycles. The van der Waals surface area contributed by atoms with E-state index in [-0.39, 0.29) is 0 Å². The number of hydrogen-bond donors (Lipinski definition) is 0. The Morgan fingerprint density at radius 1 is 1.10 bits per heavy atom. The van der Waals surface area contributed by atoms with Crippen molar-refractivity contribution < 1.29 is 17.6 Å². The minimum absolute atomic E-state index is 0.590. The summed E-state index contributed by atoms with van der Waals surface area (Å²) in [6, 6.07) is 0. The first-order valence-corrected chi connectivity index (χ1v) is 2.84. The van der Waals surface area contributed by atoms with Crippen molar-refractivity contribution in [3.05, 3.63) is 0 Å². The van der Waals surface area contributed by atoms with Crippen molar-refractivity contribution in [2.45, 2.75) is 18.3 Å². The van der Waals surface area contributed by atoms with Crippen molar-refractivity contribution in [1.82, 2.24) is 5.32 Å². The minimum atomic E-state index is -3.83. The molecule has 1 aliphatic heterocycles. The maximum atomic E-state index is 12.2. The van der Waals surface area contributed by atoms with Crippen LogP contribution < -0.4 is 5.32 Å². The fraction of sp³-hybridized carbons (Fsp3) is 1.00. The summed E-state index contributed by atoms with van der Waals surface area (Å²) in [5.74, 6) is -3.83. The highest BCUT2D eigenvalue weighted by atomic mass is 19.3. The monoisotopic (exact) mass is 156 g/mol. The second-order valence-corrected chi connectivity index (χ2v) is 2.20. The van der Waals surface area contributed by atoms with Gasteiger partial charge in [-0.1, -0.05) is 0 Å². The molecule has 1 saturated heterocycles. The Labute approximate surface area is 55.4 Å². The molecule has 0 bridgehead atoms. The number of halogens is 4. The topological polar surface area (TPSA) is 14.1 Å². The van der Waals surface area contributed by atoms with Gasteiger partial charge in [0, 0.05) is 0 Å². The van der Waals surface area contributed by atoms with Gasteiger partial charge in [-0.25, -0.2) is 22.9 Å². The number of alkyl halides is 4. The Bertz CT molecular complexity index is 115. The average molecular weight is 156 g/mol. The zero-order valence-electron chi connectivity index (χ0n) is 5.03. The van der Waals surface area contributed by atoms with Gasteiger partial charge in [0.2, 0.25) is 0 Å². The largest absolute Gasteiger partial charge is 0.311 e. The Kier molecular flexibility index (Phi) is 1.85. The van der Waals surface area contributed by atoms with Crippen LogP contribution >= 0.6 is 0 Å². The summed E-state index contributed by atoms with van der Waals surface area (Å²) in [6.45, 7) is -1.18. The molecule has 5 heteroatoms. The van der Waals surface area contributed by atoms with E-state index in [1.165, 1.54) is 0 Å². The molecule has 0 aromatic carbocycles. The summed E-state index contributed by atoms with van der Waals surface area (Å²) in [5.41, 5.74) is 0. The molecule has 2 atom stereocenters. The van der Waals surface area contributed by atoms with Crippen molar-refractivity contribution in [3.8, 4) is 0 Å².